The molecule has 2 rings (SSSR count). The minimum absolute atomic E-state index is 0.513. The Labute approximate surface area is 98.7 Å². The highest BCUT2D eigenvalue weighted by Gasteiger charge is 2.37. The summed E-state index contributed by atoms with van der Waals surface area (Å²) >= 11 is 0. The lowest BCUT2D eigenvalue weighted by Gasteiger charge is -2.45. The number of hydrogen-bond donors (Lipinski definition) is 1. The third-order valence-electron chi connectivity index (χ3n) is 3.74. The maximum absolute atomic E-state index is 3.34. The molecule has 2 nitrogen and oxygen atoms in total. The number of hydrogen-bond acceptors (Lipinski definition) is 2. The molecule has 1 aliphatic rings. The van der Waals surface area contributed by atoms with Crippen LogP contribution in [0.25, 0.3) is 0 Å². The van der Waals surface area contributed by atoms with Gasteiger partial charge in [-0.05, 0) is 32.0 Å². The summed E-state index contributed by atoms with van der Waals surface area (Å²) in [5.74, 6) is 0. The van der Waals surface area contributed by atoms with E-state index in [0.29, 0.717) is 5.41 Å². The largest absolute Gasteiger partial charge is 0.374 e. The molecule has 1 fully saturated rings. The first-order valence-electron chi connectivity index (χ1n) is 6.17. The third-order valence-corrected chi connectivity index (χ3v) is 3.74. The predicted octanol–water partition coefficient (Wildman–Crippen LogP) is 2.51. The molecule has 0 aromatic heterocycles. The summed E-state index contributed by atoms with van der Waals surface area (Å²) in [6.07, 6.45) is 4.13. The van der Waals surface area contributed by atoms with E-state index in [1.165, 1.54) is 24.9 Å². The smallest absolute Gasteiger partial charge is 0.0363 e. The van der Waals surface area contributed by atoms with Crippen LogP contribution >= 0.6 is 0 Å². The molecule has 0 saturated heterocycles. The van der Waals surface area contributed by atoms with Crippen LogP contribution < -0.4 is 10.2 Å². The molecule has 0 bridgehead atoms. The Bertz CT molecular complexity index is 317. The first-order chi connectivity index (χ1) is 7.76. The van der Waals surface area contributed by atoms with E-state index in [1.807, 2.05) is 0 Å². The van der Waals surface area contributed by atoms with Crippen molar-refractivity contribution < 1.29 is 0 Å². The van der Waals surface area contributed by atoms with Gasteiger partial charge in [-0.15, -0.1) is 0 Å². The number of anilines is 1. The monoisotopic (exact) mass is 218 g/mol. The van der Waals surface area contributed by atoms with Gasteiger partial charge in [-0.25, -0.2) is 0 Å². The van der Waals surface area contributed by atoms with E-state index >= 15 is 0 Å². The van der Waals surface area contributed by atoms with Crippen molar-refractivity contribution in [2.24, 2.45) is 5.41 Å². The maximum atomic E-state index is 3.34. The highest BCUT2D eigenvalue weighted by molar-refractivity contribution is 5.45. The topological polar surface area (TPSA) is 15.3 Å². The molecule has 0 atom stereocenters. The van der Waals surface area contributed by atoms with Crippen LogP contribution in [0.3, 0.4) is 0 Å². The first kappa shape index (κ1) is 11.5. The van der Waals surface area contributed by atoms with Gasteiger partial charge in [0.15, 0.2) is 0 Å². The fourth-order valence-corrected chi connectivity index (χ4v) is 2.72. The predicted molar refractivity (Wildman–Crippen MR) is 69.9 cm³/mol. The number of benzene rings is 1. The molecule has 0 unspecified atom stereocenters. The van der Waals surface area contributed by atoms with Crippen molar-refractivity contribution in [3.63, 3.8) is 0 Å². The van der Waals surface area contributed by atoms with Crippen LogP contribution in [0.5, 0.6) is 0 Å². The molecule has 1 saturated carbocycles. The van der Waals surface area contributed by atoms with Gasteiger partial charge in [-0.2, -0.15) is 0 Å². The molecule has 16 heavy (non-hydrogen) atoms. The summed E-state index contributed by atoms with van der Waals surface area (Å²) in [6, 6.07) is 10.7. The van der Waals surface area contributed by atoms with Crippen molar-refractivity contribution in [1.82, 2.24) is 5.32 Å². The van der Waals surface area contributed by atoms with Gasteiger partial charge < -0.3 is 10.2 Å². The van der Waals surface area contributed by atoms with Gasteiger partial charge in [0.05, 0.1) is 0 Å². The Balaban J connectivity index is 1.98. The van der Waals surface area contributed by atoms with Crippen LogP contribution in [-0.4, -0.2) is 27.2 Å². The fraction of sp³-hybridized carbons (Fsp3) is 0.571. The van der Waals surface area contributed by atoms with E-state index in [1.54, 1.807) is 0 Å². The second-order valence-electron chi connectivity index (χ2n) is 5.08. The number of nitrogens with zero attached hydrogens (tertiary/aromatic N) is 1. The molecular weight excluding hydrogens is 196 g/mol. The zero-order valence-electron chi connectivity index (χ0n) is 10.4. The molecular formula is C14H22N2. The van der Waals surface area contributed by atoms with E-state index in [0.717, 1.165) is 13.1 Å². The SMILES string of the molecule is CNCC1(CN(C)c2ccccc2)CCC1. The quantitative estimate of drug-likeness (QED) is 0.817. The molecule has 0 spiro atoms. The highest BCUT2D eigenvalue weighted by Crippen LogP contribution is 2.41. The summed E-state index contributed by atoms with van der Waals surface area (Å²) in [7, 11) is 4.26. The highest BCUT2D eigenvalue weighted by atomic mass is 15.1. The van der Waals surface area contributed by atoms with Crippen LogP contribution in [0.4, 0.5) is 5.69 Å². The zero-order chi connectivity index (χ0) is 11.4. The van der Waals surface area contributed by atoms with Gasteiger partial charge in [0.2, 0.25) is 0 Å². The van der Waals surface area contributed by atoms with Crippen LogP contribution in [-0.2, 0) is 0 Å². The molecule has 1 aromatic carbocycles. The van der Waals surface area contributed by atoms with Gasteiger partial charge in [0.1, 0.15) is 0 Å². The minimum Gasteiger partial charge on any atom is -0.374 e. The number of para-hydroxylation sites is 1. The van der Waals surface area contributed by atoms with Gasteiger partial charge in [0.25, 0.3) is 0 Å². The number of nitrogens with one attached hydrogen (secondary N) is 1. The Morgan fingerprint density at radius 3 is 2.44 bits per heavy atom. The molecule has 0 heterocycles. The molecule has 0 aliphatic heterocycles. The number of rotatable bonds is 5. The average molecular weight is 218 g/mol. The summed E-state index contributed by atoms with van der Waals surface area (Å²) < 4.78 is 0. The molecule has 2 heteroatoms. The van der Waals surface area contributed by atoms with Gasteiger partial charge in [-0.1, -0.05) is 24.6 Å². The fourth-order valence-electron chi connectivity index (χ4n) is 2.72. The zero-order valence-corrected chi connectivity index (χ0v) is 10.4. The van der Waals surface area contributed by atoms with Crippen LogP contribution in [0.1, 0.15) is 19.3 Å². The van der Waals surface area contributed by atoms with Gasteiger partial charge >= 0.3 is 0 Å². The van der Waals surface area contributed by atoms with Crippen LogP contribution in [0.15, 0.2) is 30.3 Å². The van der Waals surface area contributed by atoms with Gasteiger partial charge in [0, 0.05) is 31.2 Å². The normalized spacial score (nSPS) is 17.9. The first-order valence-corrected chi connectivity index (χ1v) is 6.17. The summed E-state index contributed by atoms with van der Waals surface area (Å²) in [4.78, 5) is 2.39. The Kier molecular flexibility index (Phi) is 3.49. The molecule has 0 radical (unpaired) electrons. The summed E-state index contributed by atoms with van der Waals surface area (Å²) in [5.41, 5.74) is 1.84. The Morgan fingerprint density at radius 2 is 1.94 bits per heavy atom. The Hall–Kier alpha value is -1.02. The van der Waals surface area contributed by atoms with Crippen molar-refractivity contribution in [2.45, 2.75) is 19.3 Å². The third kappa shape index (κ3) is 2.38. The van der Waals surface area contributed by atoms with Crippen molar-refractivity contribution in [3.05, 3.63) is 30.3 Å². The lowest BCUT2D eigenvalue weighted by Crippen LogP contribution is -2.46. The minimum atomic E-state index is 0.513. The van der Waals surface area contributed by atoms with Crippen LogP contribution in [0.2, 0.25) is 0 Å². The van der Waals surface area contributed by atoms with E-state index in [2.05, 4.69) is 54.6 Å². The molecule has 1 N–H and O–H groups in total. The van der Waals surface area contributed by atoms with E-state index in [-0.39, 0.29) is 0 Å². The maximum Gasteiger partial charge on any atom is 0.0363 e. The van der Waals surface area contributed by atoms with Crippen molar-refractivity contribution in [3.8, 4) is 0 Å². The molecule has 1 aliphatic carbocycles. The molecule has 0 amide bonds. The standard InChI is InChI=1S/C14H22N2/c1-15-11-14(9-6-10-14)12-16(2)13-7-4-3-5-8-13/h3-5,7-8,15H,6,9-12H2,1-2H3. The summed E-state index contributed by atoms with van der Waals surface area (Å²) in [5, 5.41) is 3.34. The summed E-state index contributed by atoms with van der Waals surface area (Å²) in [6.45, 7) is 2.31. The van der Waals surface area contributed by atoms with Crippen LogP contribution in [0, 0.1) is 5.41 Å². The molecule has 1 aromatic rings. The van der Waals surface area contributed by atoms with Crippen molar-refractivity contribution >= 4 is 5.69 Å². The van der Waals surface area contributed by atoms with E-state index in [4.69, 9.17) is 0 Å². The van der Waals surface area contributed by atoms with Crippen molar-refractivity contribution in [2.75, 3.05) is 32.1 Å². The average Bonchev–Trinajstić information content (AvgIpc) is 2.27. The second kappa shape index (κ2) is 4.88. The Morgan fingerprint density at radius 1 is 1.25 bits per heavy atom. The molecule has 88 valence electrons. The van der Waals surface area contributed by atoms with Crippen molar-refractivity contribution in [1.29, 1.82) is 0 Å². The lowest BCUT2D eigenvalue weighted by atomic mass is 9.68. The second-order valence-corrected chi connectivity index (χ2v) is 5.08. The van der Waals surface area contributed by atoms with E-state index in [9.17, 15) is 0 Å². The van der Waals surface area contributed by atoms with Gasteiger partial charge in [-0.3, -0.25) is 0 Å². The lowest BCUT2D eigenvalue weighted by molar-refractivity contribution is 0.143. The van der Waals surface area contributed by atoms with E-state index < -0.39 is 0 Å².